The highest BCUT2D eigenvalue weighted by Gasteiger charge is 2.29. The number of aliphatic hydroxyl groups is 1. The lowest BCUT2D eigenvalue weighted by Gasteiger charge is -2.32. The van der Waals surface area contributed by atoms with Gasteiger partial charge in [-0.05, 0) is 43.4 Å². The summed E-state index contributed by atoms with van der Waals surface area (Å²) in [6.07, 6.45) is 6.42. The molecule has 16 heavy (non-hydrogen) atoms. The largest absolute Gasteiger partial charge is 0.390 e. The molecule has 0 atom stereocenters. The quantitative estimate of drug-likeness (QED) is 0.805. The van der Waals surface area contributed by atoms with Crippen LogP contribution in [0.5, 0.6) is 0 Å². The minimum absolute atomic E-state index is 0.431. The van der Waals surface area contributed by atoms with E-state index in [4.69, 9.17) is 0 Å². The van der Waals surface area contributed by atoms with Gasteiger partial charge in [0.15, 0.2) is 0 Å². The van der Waals surface area contributed by atoms with E-state index >= 15 is 0 Å². The van der Waals surface area contributed by atoms with Crippen LogP contribution in [0.3, 0.4) is 0 Å². The molecule has 1 aliphatic carbocycles. The molecule has 0 aromatic heterocycles. The third kappa shape index (κ3) is 2.65. The minimum atomic E-state index is -0.431. The number of hydrogen-bond donors (Lipinski definition) is 1. The van der Waals surface area contributed by atoms with Gasteiger partial charge in [0.2, 0.25) is 0 Å². The first kappa shape index (κ1) is 11.7. The van der Waals surface area contributed by atoms with Gasteiger partial charge in [-0.3, -0.25) is 0 Å². The Balaban J connectivity index is 2.10. The average Bonchev–Trinajstić information content (AvgIpc) is 2.24. The Morgan fingerprint density at radius 1 is 1.06 bits per heavy atom. The van der Waals surface area contributed by atoms with Crippen molar-refractivity contribution in [3.05, 3.63) is 34.9 Å². The first-order chi connectivity index (χ1) is 7.59. The van der Waals surface area contributed by atoms with Crippen LogP contribution in [-0.4, -0.2) is 10.7 Å². The number of benzene rings is 1. The van der Waals surface area contributed by atoms with E-state index in [1.807, 2.05) is 0 Å². The molecule has 1 N–H and O–H groups in total. The molecule has 0 unspecified atom stereocenters. The van der Waals surface area contributed by atoms with Gasteiger partial charge in [0, 0.05) is 6.42 Å². The van der Waals surface area contributed by atoms with Crippen LogP contribution in [0.1, 0.15) is 48.8 Å². The maximum atomic E-state index is 10.5. The molecule has 0 saturated heterocycles. The van der Waals surface area contributed by atoms with E-state index in [0.29, 0.717) is 0 Å². The molecule has 1 aromatic rings. The topological polar surface area (TPSA) is 20.2 Å². The van der Waals surface area contributed by atoms with E-state index in [-0.39, 0.29) is 0 Å². The summed E-state index contributed by atoms with van der Waals surface area (Å²) in [5, 5.41) is 10.5. The Hall–Kier alpha value is -0.820. The van der Waals surface area contributed by atoms with Gasteiger partial charge >= 0.3 is 0 Å². The summed E-state index contributed by atoms with van der Waals surface area (Å²) < 4.78 is 0. The predicted molar refractivity (Wildman–Crippen MR) is 67.7 cm³/mol. The standard InChI is InChI=1S/C15H22O/c1-12-6-7-14(10-13(12)2)11-15(16)8-4-3-5-9-15/h6-7,10,16H,3-5,8-9,11H2,1-2H3. The lowest BCUT2D eigenvalue weighted by atomic mass is 9.80. The van der Waals surface area contributed by atoms with Crippen LogP contribution in [0.15, 0.2) is 18.2 Å². The molecule has 0 spiro atoms. The van der Waals surface area contributed by atoms with Crippen molar-refractivity contribution in [1.29, 1.82) is 0 Å². The van der Waals surface area contributed by atoms with Gasteiger partial charge < -0.3 is 5.11 Å². The van der Waals surface area contributed by atoms with Gasteiger partial charge in [0.1, 0.15) is 0 Å². The Morgan fingerprint density at radius 2 is 1.75 bits per heavy atom. The monoisotopic (exact) mass is 218 g/mol. The van der Waals surface area contributed by atoms with Crippen LogP contribution in [0.2, 0.25) is 0 Å². The predicted octanol–water partition coefficient (Wildman–Crippen LogP) is 3.54. The van der Waals surface area contributed by atoms with Crippen LogP contribution < -0.4 is 0 Å². The molecule has 1 saturated carbocycles. The zero-order valence-electron chi connectivity index (χ0n) is 10.4. The molecular weight excluding hydrogens is 196 g/mol. The number of hydrogen-bond acceptors (Lipinski definition) is 1. The van der Waals surface area contributed by atoms with E-state index < -0.39 is 5.60 Å². The first-order valence-electron chi connectivity index (χ1n) is 6.38. The highest BCUT2D eigenvalue weighted by Crippen LogP contribution is 2.31. The third-order valence-corrected chi connectivity index (χ3v) is 3.89. The second kappa shape index (κ2) is 4.58. The third-order valence-electron chi connectivity index (χ3n) is 3.89. The van der Waals surface area contributed by atoms with Gasteiger partial charge in [-0.15, -0.1) is 0 Å². The zero-order chi connectivity index (χ0) is 11.6. The summed E-state index contributed by atoms with van der Waals surface area (Å²) in [4.78, 5) is 0. The first-order valence-corrected chi connectivity index (χ1v) is 6.38. The van der Waals surface area contributed by atoms with Crippen LogP contribution in [-0.2, 0) is 6.42 Å². The molecule has 1 fully saturated rings. The van der Waals surface area contributed by atoms with Crippen molar-refractivity contribution in [2.75, 3.05) is 0 Å². The fraction of sp³-hybridized carbons (Fsp3) is 0.600. The number of rotatable bonds is 2. The van der Waals surface area contributed by atoms with Crippen molar-refractivity contribution in [2.45, 2.75) is 58.0 Å². The lowest BCUT2D eigenvalue weighted by Crippen LogP contribution is -2.33. The molecular formula is C15H22O. The van der Waals surface area contributed by atoms with E-state index in [1.54, 1.807) is 0 Å². The Kier molecular flexibility index (Phi) is 3.34. The van der Waals surface area contributed by atoms with Crippen molar-refractivity contribution in [3.63, 3.8) is 0 Å². The molecule has 0 heterocycles. The van der Waals surface area contributed by atoms with Gasteiger partial charge in [-0.25, -0.2) is 0 Å². The zero-order valence-corrected chi connectivity index (χ0v) is 10.4. The average molecular weight is 218 g/mol. The second-order valence-corrected chi connectivity index (χ2v) is 5.38. The fourth-order valence-corrected chi connectivity index (χ4v) is 2.68. The summed E-state index contributed by atoms with van der Waals surface area (Å²) in [5.41, 5.74) is 3.52. The highest BCUT2D eigenvalue weighted by atomic mass is 16.3. The maximum absolute atomic E-state index is 10.5. The smallest absolute Gasteiger partial charge is 0.0688 e. The second-order valence-electron chi connectivity index (χ2n) is 5.38. The maximum Gasteiger partial charge on any atom is 0.0688 e. The van der Waals surface area contributed by atoms with E-state index in [9.17, 15) is 5.11 Å². The summed E-state index contributed by atoms with van der Waals surface area (Å²) in [6, 6.07) is 6.55. The van der Waals surface area contributed by atoms with Gasteiger partial charge in [0.05, 0.1) is 5.60 Å². The molecule has 1 aliphatic rings. The molecule has 0 aliphatic heterocycles. The Bertz CT molecular complexity index is 362. The molecule has 1 aromatic carbocycles. The normalized spacial score (nSPS) is 19.7. The fourth-order valence-electron chi connectivity index (χ4n) is 2.68. The summed E-state index contributed by atoms with van der Waals surface area (Å²) in [5.74, 6) is 0. The van der Waals surface area contributed by atoms with Crippen molar-refractivity contribution >= 4 is 0 Å². The summed E-state index contributed by atoms with van der Waals surface area (Å²) in [7, 11) is 0. The Labute approximate surface area is 98.5 Å². The van der Waals surface area contributed by atoms with E-state index in [0.717, 1.165) is 19.3 Å². The summed E-state index contributed by atoms with van der Waals surface area (Å²) >= 11 is 0. The van der Waals surface area contributed by atoms with Crippen LogP contribution in [0, 0.1) is 13.8 Å². The van der Waals surface area contributed by atoms with Crippen molar-refractivity contribution in [3.8, 4) is 0 Å². The lowest BCUT2D eigenvalue weighted by molar-refractivity contribution is 0.00448. The molecule has 1 nitrogen and oxygen atoms in total. The molecule has 88 valence electrons. The van der Waals surface area contributed by atoms with E-state index in [2.05, 4.69) is 32.0 Å². The van der Waals surface area contributed by atoms with Crippen LogP contribution in [0.4, 0.5) is 0 Å². The van der Waals surface area contributed by atoms with E-state index in [1.165, 1.54) is 36.0 Å². The SMILES string of the molecule is Cc1ccc(CC2(O)CCCCC2)cc1C. The van der Waals surface area contributed by atoms with Crippen molar-refractivity contribution < 1.29 is 5.11 Å². The van der Waals surface area contributed by atoms with Crippen molar-refractivity contribution in [2.24, 2.45) is 0 Å². The minimum Gasteiger partial charge on any atom is -0.390 e. The molecule has 0 bridgehead atoms. The van der Waals surface area contributed by atoms with Gasteiger partial charge in [0.25, 0.3) is 0 Å². The Morgan fingerprint density at radius 3 is 2.38 bits per heavy atom. The highest BCUT2D eigenvalue weighted by molar-refractivity contribution is 5.30. The van der Waals surface area contributed by atoms with Gasteiger partial charge in [-0.1, -0.05) is 37.5 Å². The molecule has 1 heteroatoms. The molecule has 0 amide bonds. The summed E-state index contributed by atoms with van der Waals surface area (Å²) in [6.45, 7) is 4.28. The molecule has 2 rings (SSSR count). The molecule has 0 radical (unpaired) electrons. The number of aryl methyl sites for hydroxylation is 2. The van der Waals surface area contributed by atoms with Gasteiger partial charge in [-0.2, -0.15) is 0 Å². The van der Waals surface area contributed by atoms with Crippen molar-refractivity contribution in [1.82, 2.24) is 0 Å². The van der Waals surface area contributed by atoms with Crippen LogP contribution in [0.25, 0.3) is 0 Å². The van der Waals surface area contributed by atoms with Crippen LogP contribution >= 0.6 is 0 Å².